The molecular weight excluding hydrogens is 227 g/mol. The lowest BCUT2D eigenvalue weighted by atomic mass is 9.95. The molecule has 3 unspecified atom stereocenters. The number of nitrogens with two attached hydrogens (primary N) is 1. The highest BCUT2D eigenvalue weighted by Crippen LogP contribution is 2.26. The van der Waals surface area contributed by atoms with E-state index in [0.717, 1.165) is 12.0 Å². The van der Waals surface area contributed by atoms with Gasteiger partial charge in [-0.3, -0.25) is 4.90 Å². The van der Waals surface area contributed by atoms with Crippen molar-refractivity contribution in [2.45, 2.75) is 39.3 Å². The molecule has 0 bridgehead atoms. The molecule has 1 rings (SSSR count). The lowest BCUT2D eigenvalue weighted by Crippen LogP contribution is -2.43. The van der Waals surface area contributed by atoms with Crippen LogP contribution in [-0.2, 0) is 0 Å². The second-order valence-corrected chi connectivity index (χ2v) is 5.05. The van der Waals surface area contributed by atoms with Crippen LogP contribution in [-0.4, -0.2) is 24.5 Å². The second kappa shape index (κ2) is 6.86. The van der Waals surface area contributed by atoms with E-state index in [1.165, 1.54) is 6.07 Å². The topological polar surface area (TPSA) is 29.3 Å². The number of benzene rings is 1. The predicted molar refractivity (Wildman–Crippen MR) is 74.9 cm³/mol. The highest BCUT2D eigenvalue weighted by atomic mass is 19.1. The number of hydrogen-bond donors (Lipinski definition) is 1. The van der Waals surface area contributed by atoms with E-state index in [2.05, 4.69) is 18.7 Å². The molecule has 0 aliphatic carbocycles. The molecule has 0 radical (unpaired) electrons. The van der Waals surface area contributed by atoms with Gasteiger partial charge in [-0.15, -0.1) is 0 Å². The summed E-state index contributed by atoms with van der Waals surface area (Å²) in [5.41, 5.74) is 6.61. The Morgan fingerprint density at radius 3 is 2.39 bits per heavy atom. The molecule has 0 amide bonds. The number of rotatable bonds is 6. The second-order valence-electron chi connectivity index (χ2n) is 5.05. The highest BCUT2D eigenvalue weighted by Gasteiger charge is 2.25. The number of nitrogens with zero attached hydrogens (tertiary/aromatic N) is 1. The molecule has 0 aromatic heterocycles. The average molecular weight is 252 g/mol. The minimum absolute atomic E-state index is 0.0359. The van der Waals surface area contributed by atoms with Crippen molar-refractivity contribution in [1.82, 2.24) is 4.90 Å². The molecule has 3 atom stereocenters. The number of likely N-dealkylation sites (N-methyl/N-ethyl adjacent to an activating group) is 1. The zero-order valence-electron chi connectivity index (χ0n) is 11.9. The quantitative estimate of drug-likeness (QED) is 0.842. The van der Waals surface area contributed by atoms with Crippen LogP contribution in [0, 0.1) is 11.7 Å². The lowest BCUT2D eigenvalue weighted by Gasteiger charge is -2.36. The summed E-state index contributed by atoms with van der Waals surface area (Å²) >= 11 is 0. The third-order valence-electron chi connectivity index (χ3n) is 4.03. The van der Waals surface area contributed by atoms with E-state index in [1.807, 2.05) is 26.1 Å². The molecule has 0 saturated carbocycles. The van der Waals surface area contributed by atoms with Crippen molar-refractivity contribution in [2.24, 2.45) is 11.7 Å². The summed E-state index contributed by atoms with van der Waals surface area (Å²) in [5.74, 6) is 0.367. The highest BCUT2D eigenvalue weighted by molar-refractivity contribution is 5.20. The van der Waals surface area contributed by atoms with E-state index in [-0.39, 0.29) is 17.9 Å². The molecular formula is C15H25FN2. The van der Waals surface area contributed by atoms with E-state index >= 15 is 0 Å². The number of halogens is 1. The van der Waals surface area contributed by atoms with Crippen molar-refractivity contribution in [2.75, 3.05) is 13.6 Å². The summed E-state index contributed by atoms with van der Waals surface area (Å²) in [4.78, 5) is 2.19. The maximum absolute atomic E-state index is 13.8. The fourth-order valence-corrected chi connectivity index (χ4v) is 2.39. The summed E-state index contributed by atoms with van der Waals surface area (Å²) in [6, 6.07) is 7.28. The van der Waals surface area contributed by atoms with Gasteiger partial charge in [-0.05, 0) is 26.0 Å². The fourth-order valence-electron chi connectivity index (χ4n) is 2.39. The Morgan fingerprint density at radius 1 is 1.28 bits per heavy atom. The number of hydrogen-bond acceptors (Lipinski definition) is 2. The van der Waals surface area contributed by atoms with E-state index in [4.69, 9.17) is 5.73 Å². The molecule has 1 aromatic rings. The Labute approximate surface area is 110 Å². The van der Waals surface area contributed by atoms with Crippen LogP contribution in [0.25, 0.3) is 0 Å². The van der Waals surface area contributed by atoms with Crippen molar-refractivity contribution in [1.29, 1.82) is 0 Å². The van der Waals surface area contributed by atoms with Gasteiger partial charge in [-0.1, -0.05) is 38.5 Å². The zero-order valence-corrected chi connectivity index (χ0v) is 11.9. The van der Waals surface area contributed by atoms with Gasteiger partial charge in [0.1, 0.15) is 5.82 Å². The van der Waals surface area contributed by atoms with Crippen LogP contribution in [0.3, 0.4) is 0 Å². The van der Waals surface area contributed by atoms with Crippen molar-refractivity contribution < 1.29 is 4.39 Å². The smallest absolute Gasteiger partial charge is 0.127 e. The summed E-state index contributed by atoms with van der Waals surface area (Å²) in [6.07, 6.45) is 1.08. The monoisotopic (exact) mass is 252 g/mol. The SMILES string of the molecule is CCC(C)C(CN)N(C)C(C)c1ccccc1F. The maximum atomic E-state index is 13.8. The third kappa shape index (κ3) is 3.30. The molecule has 0 saturated heterocycles. The minimum Gasteiger partial charge on any atom is -0.329 e. The van der Waals surface area contributed by atoms with Crippen molar-refractivity contribution >= 4 is 0 Å². The van der Waals surface area contributed by atoms with E-state index < -0.39 is 0 Å². The van der Waals surface area contributed by atoms with Crippen LogP contribution >= 0.6 is 0 Å². The van der Waals surface area contributed by atoms with Crippen LogP contribution in [0.5, 0.6) is 0 Å². The summed E-state index contributed by atoms with van der Waals surface area (Å²) < 4.78 is 13.8. The average Bonchev–Trinajstić information content (AvgIpc) is 2.38. The van der Waals surface area contributed by atoms with E-state index in [0.29, 0.717) is 12.5 Å². The normalized spacial score (nSPS) is 16.6. The molecule has 102 valence electrons. The van der Waals surface area contributed by atoms with Gasteiger partial charge in [0.15, 0.2) is 0 Å². The third-order valence-corrected chi connectivity index (χ3v) is 4.03. The van der Waals surface area contributed by atoms with Gasteiger partial charge in [0.05, 0.1) is 0 Å². The molecule has 0 fully saturated rings. The van der Waals surface area contributed by atoms with Crippen molar-refractivity contribution in [3.8, 4) is 0 Å². The largest absolute Gasteiger partial charge is 0.329 e. The summed E-state index contributed by atoms with van der Waals surface area (Å²) in [6.45, 7) is 6.99. The Morgan fingerprint density at radius 2 is 1.89 bits per heavy atom. The van der Waals surface area contributed by atoms with Crippen LogP contribution < -0.4 is 5.73 Å². The van der Waals surface area contributed by atoms with E-state index in [9.17, 15) is 4.39 Å². The minimum atomic E-state index is -0.142. The summed E-state index contributed by atoms with van der Waals surface area (Å²) in [7, 11) is 2.03. The molecule has 1 aromatic carbocycles. The molecule has 0 aliphatic rings. The molecule has 0 heterocycles. The van der Waals surface area contributed by atoms with Gasteiger partial charge in [0, 0.05) is 24.2 Å². The van der Waals surface area contributed by atoms with Gasteiger partial charge >= 0.3 is 0 Å². The zero-order chi connectivity index (χ0) is 13.7. The Balaban J connectivity index is 2.89. The predicted octanol–water partition coefficient (Wildman–Crippen LogP) is 3.19. The van der Waals surface area contributed by atoms with Crippen molar-refractivity contribution in [3.63, 3.8) is 0 Å². The first-order valence-electron chi connectivity index (χ1n) is 6.69. The van der Waals surface area contributed by atoms with Crippen LogP contribution in [0.15, 0.2) is 24.3 Å². The molecule has 3 heteroatoms. The van der Waals surface area contributed by atoms with E-state index in [1.54, 1.807) is 6.07 Å². The first-order chi connectivity index (χ1) is 8.52. The first kappa shape index (κ1) is 15.1. The van der Waals surface area contributed by atoms with Gasteiger partial charge < -0.3 is 5.73 Å². The van der Waals surface area contributed by atoms with Crippen LogP contribution in [0.2, 0.25) is 0 Å². The maximum Gasteiger partial charge on any atom is 0.127 e. The van der Waals surface area contributed by atoms with Gasteiger partial charge in [-0.25, -0.2) is 4.39 Å². The summed E-state index contributed by atoms with van der Waals surface area (Å²) in [5, 5.41) is 0. The van der Waals surface area contributed by atoms with Crippen molar-refractivity contribution in [3.05, 3.63) is 35.6 Å². The first-order valence-corrected chi connectivity index (χ1v) is 6.69. The lowest BCUT2D eigenvalue weighted by molar-refractivity contribution is 0.138. The molecule has 0 aliphatic heterocycles. The molecule has 18 heavy (non-hydrogen) atoms. The molecule has 2 N–H and O–H groups in total. The van der Waals surface area contributed by atoms with Crippen LogP contribution in [0.1, 0.15) is 38.8 Å². The Kier molecular flexibility index (Phi) is 5.76. The van der Waals surface area contributed by atoms with Gasteiger partial charge in [-0.2, -0.15) is 0 Å². The van der Waals surface area contributed by atoms with Gasteiger partial charge in [0.2, 0.25) is 0 Å². The van der Waals surface area contributed by atoms with Crippen LogP contribution in [0.4, 0.5) is 4.39 Å². The molecule has 2 nitrogen and oxygen atoms in total. The van der Waals surface area contributed by atoms with Gasteiger partial charge in [0.25, 0.3) is 0 Å². The Bertz CT molecular complexity index is 367. The standard InChI is InChI=1S/C15H25FN2/c1-5-11(2)15(10-17)18(4)12(3)13-8-6-7-9-14(13)16/h6-9,11-12,15H,5,10,17H2,1-4H3. The fraction of sp³-hybridized carbons (Fsp3) is 0.600. The molecule has 0 spiro atoms. The Hall–Kier alpha value is -0.930.